The molecular formula is C17H18N2OS. The van der Waals surface area contributed by atoms with Gasteiger partial charge in [0, 0.05) is 10.4 Å². The molecule has 3 N–H and O–H groups in total. The molecule has 1 aromatic heterocycles. The fraction of sp³-hybridized carbons (Fsp3) is 0.235. The molecule has 2 aromatic rings. The van der Waals surface area contributed by atoms with E-state index in [2.05, 4.69) is 17.2 Å². The van der Waals surface area contributed by atoms with E-state index in [4.69, 9.17) is 5.73 Å². The van der Waals surface area contributed by atoms with Crippen LogP contribution < -0.4 is 11.1 Å². The zero-order chi connectivity index (χ0) is 15.1. The maximum Gasteiger partial charge on any atom is 0.224 e. The summed E-state index contributed by atoms with van der Waals surface area (Å²) in [4.78, 5) is 13.0. The predicted octanol–water partition coefficient (Wildman–Crippen LogP) is 2.23. The van der Waals surface area contributed by atoms with E-state index in [0.717, 1.165) is 21.6 Å². The Hall–Kier alpha value is -2.09. The van der Waals surface area contributed by atoms with Gasteiger partial charge in [0.05, 0.1) is 19.5 Å². The van der Waals surface area contributed by atoms with Crippen molar-refractivity contribution in [2.75, 3.05) is 6.54 Å². The molecule has 0 aliphatic carbocycles. The molecule has 4 heteroatoms. The number of rotatable bonds is 4. The molecular weight excluding hydrogens is 280 g/mol. The number of nitrogens with two attached hydrogens (primary N) is 1. The van der Waals surface area contributed by atoms with Crippen LogP contribution in [0.4, 0.5) is 0 Å². The zero-order valence-electron chi connectivity index (χ0n) is 12.0. The molecule has 0 aliphatic heterocycles. The van der Waals surface area contributed by atoms with Gasteiger partial charge in [-0.25, -0.2) is 0 Å². The van der Waals surface area contributed by atoms with Crippen LogP contribution in [0.3, 0.4) is 0 Å². The smallest absolute Gasteiger partial charge is 0.224 e. The third-order valence-corrected chi connectivity index (χ3v) is 3.88. The van der Waals surface area contributed by atoms with E-state index in [1.54, 1.807) is 11.3 Å². The summed E-state index contributed by atoms with van der Waals surface area (Å²) < 4.78 is 0. The Kier molecular flexibility index (Phi) is 5.56. The summed E-state index contributed by atoms with van der Waals surface area (Å²) in [5, 5.41) is 4.92. The first kappa shape index (κ1) is 15.3. The van der Waals surface area contributed by atoms with Gasteiger partial charge < -0.3 is 11.1 Å². The van der Waals surface area contributed by atoms with Crippen LogP contribution in [0.1, 0.15) is 21.6 Å². The van der Waals surface area contributed by atoms with E-state index < -0.39 is 0 Å². The highest BCUT2D eigenvalue weighted by Gasteiger charge is 2.06. The van der Waals surface area contributed by atoms with Gasteiger partial charge in [0.15, 0.2) is 0 Å². The summed E-state index contributed by atoms with van der Waals surface area (Å²) >= 11 is 1.59. The Labute approximate surface area is 129 Å². The Balaban J connectivity index is 1.91. The lowest BCUT2D eigenvalue weighted by atomic mass is 10.1. The second-order valence-corrected chi connectivity index (χ2v) is 5.71. The fourth-order valence-electron chi connectivity index (χ4n) is 1.98. The lowest BCUT2D eigenvalue weighted by molar-refractivity contribution is -0.120. The first-order valence-electron chi connectivity index (χ1n) is 6.76. The van der Waals surface area contributed by atoms with Gasteiger partial charge in [0.25, 0.3) is 0 Å². The van der Waals surface area contributed by atoms with Crippen LogP contribution in [0, 0.1) is 18.8 Å². The second kappa shape index (κ2) is 7.63. The van der Waals surface area contributed by atoms with Crippen molar-refractivity contribution >= 4 is 17.2 Å². The summed E-state index contributed by atoms with van der Waals surface area (Å²) in [6.45, 7) is 2.88. The van der Waals surface area contributed by atoms with Crippen molar-refractivity contribution in [1.29, 1.82) is 0 Å². The number of carbonyl (C=O) groups is 1. The Bertz CT molecular complexity index is 679. The van der Waals surface area contributed by atoms with Crippen LogP contribution in [-0.2, 0) is 17.8 Å². The van der Waals surface area contributed by atoms with Crippen molar-refractivity contribution in [1.82, 2.24) is 5.32 Å². The first-order chi connectivity index (χ1) is 10.2. The van der Waals surface area contributed by atoms with Crippen LogP contribution in [0.2, 0.25) is 0 Å². The normalized spacial score (nSPS) is 9.81. The maximum atomic E-state index is 12.0. The number of amides is 1. The fourth-order valence-corrected chi connectivity index (χ4v) is 2.75. The molecule has 1 amide bonds. The molecule has 1 heterocycles. The number of thiophene rings is 1. The van der Waals surface area contributed by atoms with Crippen LogP contribution in [-0.4, -0.2) is 12.5 Å². The van der Waals surface area contributed by atoms with Gasteiger partial charge in [0.1, 0.15) is 0 Å². The standard InChI is InChI=1S/C17H18N2OS/c1-13-4-2-5-14(10-13)11-17(20)19-12-16-15(6-3-8-18)7-9-21-16/h2,4-5,7,9-10H,8,11-12,18H2,1H3,(H,19,20). The van der Waals surface area contributed by atoms with Crippen LogP contribution in [0.25, 0.3) is 0 Å². The summed E-state index contributed by atoms with van der Waals surface area (Å²) in [6.07, 6.45) is 0.400. The molecule has 0 fully saturated rings. The van der Waals surface area contributed by atoms with Crippen LogP contribution >= 0.6 is 11.3 Å². The molecule has 0 saturated carbocycles. The third-order valence-electron chi connectivity index (χ3n) is 2.96. The van der Waals surface area contributed by atoms with Crippen molar-refractivity contribution in [3.05, 3.63) is 57.3 Å². The Morgan fingerprint density at radius 2 is 2.24 bits per heavy atom. The number of hydrogen-bond acceptors (Lipinski definition) is 3. The van der Waals surface area contributed by atoms with Crippen molar-refractivity contribution in [3.8, 4) is 11.8 Å². The largest absolute Gasteiger partial charge is 0.351 e. The molecule has 0 aliphatic rings. The van der Waals surface area contributed by atoms with Crippen molar-refractivity contribution < 1.29 is 4.79 Å². The highest BCUT2D eigenvalue weighted by molar-refractivity contribution is 7.10. The second-order valence-electron chi connectivity index (χ2n) is 4.71. The summed E-state index contributed by atoms with van der Waals surface area (Å²) in [7, 11) is 0. The number of aryl methyl sites for hydroxylation is 1. The van der Waals surface area contributed by atoms with Gasteiger partial charge in [-0.2, -0.15) is 0 Å². The van der Waals surface area contributed by atoms with Gasteiger partial charge in [-0.3, -0.25) is 4.79 Å². The molecule has 108 valence electrons. The Morgan fingerprint density at radius 3 is 3.00 bits per heavy atom. The van der Waals surface area contributed by atoms with E-state index in [0.29, 0.717) is 19.5 Å². The summed E-state index contributed by atoms with van der Waals surface area (Å²) in [5.74, 6) is 5.87. The average molecular weight is 298 g/mol. The lowest BCUT2D eigenvalue weighted by Crippen LogP contribution is -2.24. The lowest BCUT2D eigenvalue weighted by Gasteiger charge is -2.05. The monoisotopic (exact) mass is 298 g/mol. The van der Waals surface area contributed by atoms with Gasteiger partial charge >= 0.3 is 0 Å². The highest BCUT2D eigenvalue weighted by Crippen LogP contribution is 2.15. The van der Waals surface area contributed by atoms with Crippen LogP contribution in [0.15, 0.2) is 35.7 Å². The molecule has 2 rings (SSSR count). The minimum Gasteiger partial charge on any atom is -0.351 e. The van der Waals surface area contributed by atoms with Gasteiger partial charge in [-0.05, 0) is 23.9 Å². The molecule has 0 radical (unpaired) electrons. The molecule has 0 atom stereocenters. The SMILES string of the molecule is Cc1cccc(CC(=O)NCc2sccc2C#CCN)c1. The predicted molar refractivity (Wildman–Crippen MR) is 87.0 cm³/mol. The highest BCUT2D eigenvalue weighted by atomic mass is 32.1. The minimum atomic E-state index is 0.0201. The van der Waals surface area contributed by atoms with Gasteiger partial charge in [0.2, 0.25) is 5.91 Å². The van der Waals surface area contributed by atoms with E-state index in [1.807, 2.05) is 42.6 Å². The number of hydrogen-bond donors (Lipinski definition) is 2. The zero-order valence-corrected chi connectivity index (χ0v) is 12.8. The summed E-state index contributed by atoms with van der Waals surface area (Å²) in [6, 6.07) is 9.95. The molecule has 3 nitrogen and oxygen atoms in total. The number of carbonyl (C=O) groups excluding carboxylic acids is 1. The van der Waals surface area contributed by atoms with E-state index in [-0.39, 0.29) is 5.91 Å². The average Bonchev–Trinajstić information content (AvgIpc) is 2.90. The van der Waals surface area contributed by atoms with Gasteiger partial charge in [-0.15, -0.1) is 11.3 Å². The van der Waals surface area contributed by atoms with Gasteiger partial charge in [-0.1, -0.05) is 41.7 Å². The van der Waals surface area contributed by atoms with Crippen LogP contribution in [0.5, 0.6) is 0 Å². The molecule has 1 aromatic carbocycles. The molecule has 0 bridgehead atoms. The minimum absolute atomic E-state index is 0.0201. The topological polar surface area (TPSA) is 55.1 Å². The molecule has 21 heavy (non-hydrogen) atoms. The first-order valence-corrected chi connectivity index (χ1v) is 7.64. The Morgan fingerprint density at radius 1 is 1.38 bits per heavy atom. The van der Waals surface area contributed by atoms with E-state index >= 15 is 0 Å². The van der Waals surface area contributed by atoms with E-state index in [1.165, 1.54) is 0 Å². The molecule has 0 saturated heterocycles. The maximum absolute atomic E-state index is 12.0. The molecule has 0 spiro atoms. The molecule has 0 unspecified atom stereocenters. The van der Waals surface area contributed by atoms with Crippen molar-refractivity contribution in [2.24, 2.45) is 5.73 Å². The quantitative estimate of drug-likeness (QED) is 0.851. The third kappa shape index (κ3) is 4.75. The van der Waals surface area contributed by atoms with E-state index in [9.17, 15) is 4.79 Å². The number of nitrogens with one attached hydrogen (secondary N) is 1. The number of benzene rings is 1. The van der Waals surface area contributed by atoms with Crippen molar-refractivity contribution in [3.63, 3.8) is 0 Å². The van der Waals surface area contributed by atoms with Crippen molar-refractivity contribution in [2.45, 2.75) is 19.9 Å². The summed E-state index contributed by atoms with van der Waals surface area (Å²) in [5.41, 5.74) is 8.52.